The lowest BCUT2D eigenvalue weighted by atomic mass is 10.0. The maximum Gasteiger partial charge on any atom is 0.323 e. The highest BCUT2D eigenvalue weighted by atomic mass is 16.5. The molecule has 0 fully saturated rings. The Morgan fingerprint density at radius 3 is 1.98 bits per heavy atom. The molecule has 2 atom stereocenters. The van der Waals surface area contributed by atoms with E-state index in [1.165, 1.54) is 77.0 Å². The Kier molecular flexibility index (Phi) is 18.0. The molecule has 2 aromatic heterocycles. The summed E-state index contributed by atoms with van der Waals surface area (Å²) in [4.78, 5) is 40.6. The Hall–Kier alpha value is -2.55. The number of imidazole rings is 1. The fourth-order valence-electron chi connectivity index (χ4n) is 4.91. The number of aromatic amines is 1. The van der Waals surface area contributed by atoms with E-state index in [4.69, 9.17) is 15.2 Å². The van der Waals surface area contributed by atoms with E-state index in [1.807, 2.05) is 20.8 Å². The van der Waals surface area contributed by atoms with Crippen LogP contribution in [0, 0.1) is 11.8 Å². The van der Waals surface area contributed by atoms with Crippen molar-refractivity contribution >= 4 is 23.1 Å². The molecule has 2 rings (SSSR count). The molecule has 0 aliphatic heterocycles. The van der Waals surface area contributed by atoms with Crippen LogP contribution >= 0.6 is 0 Å². The molecule has 42 heavy (non-hydrogen) atoms. The van der Waals surface area contributed by atoms with Crippen LogP contribution in [-0.4, -0.2) is 44.5 Å². The van der Waals surface area contributed by atoms with Crippen molar-refractivity contribution in [1.82, 2.24) is 19.9 Å². The van der Waals surface area contributed by atoms with Crippen LogP contribution in [0.15, 0.2) is 6.20 Å². The van der Waals surface area contributed by atoms with Crippen LogP contribution in [0.2, 0.25) is 0 Å². The van der Waals surface area contributed by atoms with Gasteiger partial charge in [0.25, 0.3) is 0 Å². The molecule has 0 spiro atoms. The van der Waals surface area contributed by atoms with Gasteiger partial charge in [0.1, 0.15) is 17.4 Å². The molecule has 0 saturated carbocycles. The summed E-state index contributed by atoms with van der Waals surface area (Å²) in [7, 11) is 0. The van der Waals surface area contributed by atoms with Crippen LogP contribution in [0.25, 0.3) is 11.2 Å². The Morgan fingerprint density at radius 2 is 1.43 bits per heavy atom. The first-order valence-electron chi connectivity index (χ1n) is 16.7. The number of hydrogen-bond donors (Lipinski definition) is 2. The number of carbonyl (C=O) groups excluding carboxylic acids is 2. The molecule has 0 aliphatic carbocycles. The van der Waals surface area contributed by atoms with Crippen molar-refractivity contribution in [2.45, 2.75) is 149 Å². The molecule has 9 nitrogen and oxygen atoms in total. The van der Waals surface area contributed by atoms with Gasteiger partial charge in [0.2, 0.25) is 0 Å². The maximum absolute atomic E-state index is 12.3. The summed E-state index contributed by atoms with van der Waals surface area (Å²) in [6.07, 6.45) is 22.7. The number of ether oxygens (including phenoxy) is 2. The second-order valence-electron chi connectivity index (χ2n) is 12.1. The molecule has 0 amide bonds. The molecular formula is C33H57N5O4. The lowest BCUT2D eigenvalue weighted by Gasteiger charge is -2.18. The summed E-state index contributed by atoms with van der Waals surface area (Å²) in [5.74, 6) is 0.0142. The zero-order valence-corrected chi connectivity index (χ0v) is 26.8. The fourth-order valence-corrected chi connectivity index (χ4v) is 4.91. The minimum Gasteiger partial charge on any atom is -0.464 e. The lowest BCUT2D eigenvalue weighted by Crippen LogP contribution is -2.37. The minimum atomic E-state index is -0.625. The van der Waals surface area contributed by atoms with Crippen LogP contribution in [0.4, 0.5) is 0 Å². The zero-order chi connectivity index (χ0) is 30.6. The van der Waals surface area contributed by atoms with Crippen LogP contribution in [0.1, 0.15) is 143 Å². The summed E-state index contributed by atoms with van der Waals surface area (Å²) in [6, 6.07) is -0.481. The Bertz CT molecular complexity index is 1030. The van der Waals surface area contributed by atoms with Crippen molar-refractivity contribution in [3.8, 4) is 6.01 Å². The molecule has 0 radical (unpaired) electrons. The van der Waals surface area contributed by atoms with Gasteiger partial charge in [0, 0.05) is 12.8 Å². The first kappa shape index (κ1) is 35.6. The number of esters is 2. The quantitative estimate of drug-likeness (QED) is 0.0946. The number of H-pyrrole nitrogens is 1. The van der Waals surface area contributed by atoms with Crippen molar-refractivity contribution in [2.75, 3.05) is 6.61 Å². The number of nitrogens with zero attached hydrogens (tertiary/aromatic N) is 3. The van der Waals surface area contributed by atoms with E-state index in [-0.39, 0.29) is 36.4 Å². The third kappa shape index (κ3) is 14.6. The van der Waals surface area contributed by atoms with Gasteiger partial charge in [-0.2, -0.15) is 4.98 Å². The van der Waals surface area contributed by atoms with Crippen LogP contribution < -0.4 is 10.5 Å². The summed E-state index contributed by atoms with van der Waals surface area (Å²) >= 11 is 0. The zero-order valence-electron chi connectivity index (χ0n) is 26.8. The Balaban J connectivity index is 1.59. The van der Waals surface area contributed by atoms with Crippen LogP contribution in [0.3, 0.4) is 0 Å². The monoisotopic (exact) mass is 587 g/mol. The van der Waals surface area contributed by atoms with E-state index in [2.05, 4.69) is 26.9 Å². The van der Waals surface area contributed by atoms with Gasteiger partial charge in [-0.1, -0.05) is 118 Å². The van der Waals surface area contributed by atoms with E-state index < -0.39 is 6.04 Å². The normalized spacial score (nSPS) is 13.0. The number of fused-ring (bicyclic) bond motifs is 1. The number of carbonyl (C=O) groups is 2. The smallest absolute Gasteiger partial charge is 0.323 e. The highest BCUT2D eigenvalue weighted by Crippen LogP contribution is 2.18. The molecule has 2 aromatic rings. The van der Waals surface area contributed by atoms with E-state index in [0.717, 1.165) is 25.7 Å². The number of nitrogens with two attached hydrogens (primary N) is 1. The molecule has 0 aliphatic rings. The Morgan fingerprint density at radius 1 is 0.857 bits per heavy atom. The van der Waals surface area contributed by atoms with Crippen molar-refractivity contribution < 1.29 is 19.1 Å². The highest BCUT2D eigenvalue weighted by molar-refractivity contribution is 5.76. The molecule has 0 saturated heterocycles. The maximum atomic E-state index is 12.3. The SMILES string of the molecule is CCCCCCCCCCCCCCCCCC(=O)Oc1nc2nc(CC(CC)COC(=O)[C@@H](N)C(C)C)ncc2[nH]1. The molecule has 0 aromatic carbocycles. The van der Waals surface area contributed by atoms with Crippen molar-refractivity contribution in [1.29, 1.82) is 0 Å². The fraction of sp³-hybridized carbons (Fsp3) is 0.788. The van der Waals surface area contributed by atoms with Crippen LogP contribution in [0.5, 0.6) is 6.01 Å². The van der Waals surface area contributed by atoms with Gasteiger partial charge < -0.3 is 20.2 Å². The standard InChI is InChI=1S/C33H57N5O4/c1-5-7-8-9-10-11-12-13-14-15-16-17-18-19-20-21-29(39)42-33-36-27-23-35-28(37-31(27)38-33)22-26(6-2)24-41-32(40)30(34)25(3)4/h23,25-26,30H,5-22,24,34H2,1-4H3,(H,35,36,37,38)/t26?,30-/m0/s1. The number of rotatable bonds is 24. The van der Waals surface area contributed by atoms with E-state index >= 15 is 0 Å². The summed E-state index contributed by atoms with van der Waals surface area (Å²) in [5, 5.41) is 0. The predicted molar refractivity (Wildman–Crippen MR) is 168 cm³/mol. The largest absolute Gasteiger partial charge is 0.464 e. The average molecular weight is 588 g/mol. The number of nitrogens with one attached hydrogen (secondary N) is 1. The number of hydrogen-bond acceptors (Lipinski definition) is 8. The summed E-state index contributed by atoms with van der Waals surface area (Å²) < 4.78 is 10.8. The third-order valence-electron chi connectivity index (χ3n) is 7.96. The molecule has 2 heterocycles. The molecule has 3 N–H and O–H groups in total. The lowest BCUT2D eigenvalue weighted by molar-refractivity contribution is -0.147. The third-order valence-corrected chi connectivity index (χ3v) is 7.96. The van der Waals surface area contributed by atoms with Gasteiger partial charge in [-0.3, -0.25) is 9.59 Å². The first-order chi connectivity index (χ1) is 20.3. The van der Waals surface area contributed by atoms with Crippen molar-refractivity contribution in [3.05, 3.63) is 12.0 Å². The molecule has 9 heteroatoms. The van der Waals surface area contributed by atoms with Gasteiger partial charge in [-0.25, -0.2) is 9.97 Å². The topological polar surface area (TPSA) is 133 Å². The van der Waals surface area contributed by atoms with Gasteiger partial charge in [0.05, 0.1) is 12.8 Å². The molecule has 0 bridgehead atoms. The molecule has 238 valence electrons. The van der Waals surface area contributed by atoms with E-state index in [1.54, 1.807) is 6.20 Å². The van der Waals surface area contributed by atoms with Gasteiger partial charge in [-0.05, 0) is 24.7 Å². The highest BCUT2D eigenvalue weighted by Gasteiger charge is 2.21. The minimum absolute atomic E-state index is 0.0235. The number of unbranched alkanes of at least 4 members (excludes halogenated alkanes) is 14. The van der Waals surface area contributed by atoms with Gasteiger partial charge in [-0.15, -0.1) is 0 Å². The predicted octanol–water partition coefficient (Wildman–Crippen LogP) is 7.62. The van der Waals surface area contributed by atoms with Gasteiger partial charge >= 0.3 is 17.9 Å². The Labute approximate surface area is 253 Å². The van der Waals surface area contributed by atoms with Crippen molar-refractivity contribution in [2.24, 2.45) is 17.6 Å². The van der Waals surface area contributed by atoms with Crippen LogP contribution in [-0.2, 0) is 20.7 Å². The summed E-state index contributed by atoms with van der Waals surface area (Å²) in [5.41, 5.74) is 6.93. The number of aromatic nitrogens is 4. The van der Waals surface area contributed by atoms with E-state index in [0.29, 0.717) is 29.8 Å². The molecular weight excluding hydrogens is 530 g/mol. The average Bonchev–Trinajstić information content (AvgIpc) is 3.37. The molecule has 1 unspecified atom stereocenters. The summed E-state index contributed by atoms with van der Waals surface area (Å²) in [6.45, 7) is 8.35. The van der Waals surface area contributed by atoms with Gasteiger partial charge in [0.15, 0.2) is 5.65 Å². The van der Waals surface area contributed by atoms with E-state index in [9.17, 15) is 9.59 Å². The second-order valence-corrected chi connectivity index (χ2v) is 12.1. The van der Waals surface area contributed by atoms with Crippen molar-refractivity contribution in [3.63, 3.8) is 0 Å². The second kappa shape index (κ2) is 21.2. The first-order valence-corrected chi connectivity index (χ1v) is 16.7.